The second-order valence-corrected chi connectivity index (χ2v) is 4.94. The van der Waals surface area contributed by atoms with E-state index in [1.807, 2.05) is 26.0 Å². The van der Waals surface area contributed by atoms with Gasteiger partial charge in [0.15, 0.2) is 0 Å². The molecule has 1 aromatic rings. The molecule has 1 amide bonds. The van der Waals surface area contributed by atoms with Crippen LogP contribution in [-0.4, -0.2) is 11.9 Å². The van der Waals surface area contributed by atoms with Crippen molar-refractivity contribution < 1.29 is 4.79 Å². The number of amides is 1. The van der Waals surface area contributed by atoms with E-state index in [0.717, 1.165) is 6.42 Å². The van der Waals surface area contributed by atoms with Gasteiger partial charge < -0.3 is 5.32 Å². The molecular formula is C16H21NO. The highest BCUT2D eigenvalue weighted by Gasteiger charge is 2.12. The average Bonchev–Trinajstić information content (AvgIpc) is 2.33. The van der Waals surface area contributed by atoms with Gasteiger partial charge in [-0.3, -0.25) is 4.79 Å². The van der Waals surface area contributed by atoms with Crippen LogP contribution >= 0.6 is 0 Å². The van der Waals surface area contributed by atoms with Crippen LogP contribution in [0.3, 0.4) is 0 Å². The molecule has 1 atom stereocenters. The monoisotopic (exact) mass is 243 g/mol. The molecule has 18 heavy (non-hydrogen) atoms. The fourth-order valence-corrected chi connectivity index (χ4v) is 1.77. The fraction of sp³-hybridized carbons (Fsp3) is 0.438. The topological polar surface area (TPSA) is 29.1 Å². The molecule has 96 valence electrons. The zero-order chi connectivity index (χ0) is 13.5. The molecule has 0 aromatic heterocycles. The number of carbonyl (C=O) groups excluding carboxylic acids is 1. The molecule has 0 aliphatic rings. The number of aryl methyl sites for hydroxylation is 2. The van der Waals surface area contributed by atoms with Crippen molar-refractivity contribution >= 4 is 5.91 Å². The summed E-state index contributed by atoms with van der Waals surface area (Å²) in [5.41, 5.74) is 2.41. The lowest BCUT2D eigenvalue weighted by Crippen LogP contribution is -2.37. The highest BCUT2D eigenvalue weighted by atomic mass is 16.1. The van der Waals surface area contributed by atoms with Gasteiger partial charge in [-0.15, -0.1) is 6.42 Å². The Morgan fingerprint density at radius 2 is 2.17 bits per heavy atom. The molecule has 0 fully saturated rings. The standard InChI is InChI=1S/C16H21NO/c1-5-15(12(2)3)17-16(18)10-9-14-8-6-7-13(4)11-14/h1,6-8,11-12,15H,9-10H2,2-4H3,(H,17,18). The zero-order valence-electron chi connectivity index (χ0n) is 11.4. The van der Waals surface area contributed by atoms with Gasteiger partial charge in [-0.2, -0.15) is 0 Å². The molecule has 1 aromatic carbocycles. The summed E-state index contributed by atoms with van der Waals surface area (Å²) >= 11 is 0. The zero-order valence-corrected chi connectivity index (χ0v) is 11.4. The molecule has 0 bridgehead atoms. The Balaban J connectivity index is 2.45. The second kappa shape index (κ2) is 6.86. The average molecular weight is 243 g/mol. The van der Waals surface area contributed by atoms with Crippen molar-refractivity contribution in [3.05, 3.63) is 35.4 Å². The van der Waals surface area contributed by atoms with Gasteiger partial charge in [0, 0.05) is 6.42 Å². The lowest BCUT2D eigenvalue weighted by molar-refractivity contribution is -0.121. The molecule has 0 saturated heterocycles. The summed E-state index contributed by atoms with van der Waals surface area (Å²) in [4.78, 5) is 11.8. The van der Waals surface area contributed by atoms with Crippen LogP contribution in [0.4, 0.5) is 0 Å². The fourth-order valence-electron chi connectivity index (χ4n) is 1.77. The number of hydrogen-bond donors (Lipinski definition) is 1. The summed E-state index contributed by atoms with van der Waals surface area (Å²) in [5, 5.41) is 2.88. The smallest absolute Gasteiger partial charge is 0.221 e. The maximum Gasteiger partial charge on any atom is 0.221 e. The summed E-state index contributed by atoms with van der Waals surface area (Å²) in [5.74, 6) is 2.89. The molecule has 0 aliphatic heterocycles. The van der Waals surface area contributed by atoms with E-state index < -0.39 is 0 Å². The van der Waals surface area contributed by atoms with E-state index in [1.165, 1.54) is 11.1 Å². The van der Waals surface area contributed by atoms with Crippen LogP contribution in [0.15, 0.2) is 24.3 Å². The first kappa shape index (κ1) is 14.3. The lowest BCUT2D eigenvalue weighted by atomic mass is 10.0. The Morgan fingerprint density at radius 3 is 2.72 bits per heavy atom. The molecule has 0 heterocycles. The van der Waals surface area contributed by atoms with Crippen LogP contribution in [0.5, 0.6) is 0 Å². The number of hydrogen-bond acceptors (Lipinski definition) is 1. The number of carbonyl (C=O) groups is 1. The quantitative estimate of drug-likeness (QED) is 0.792. The van der Waals surface area contributed by atoms with Crippen molar-refractivity contribution in [3.63, 3.8) is 0 Å². The summed E-state index contributed by atoms with van der Waals surface area (Å²) in [7, 11) is 0. The summed E-state index contributed by atoms with van der Waals surface area (Å²) in [6, 6.07) is 8.04. The third-order valence-corrected chi connectivity index (χ3v) is 2.89. The van der Waals surface area contributed by atoms with Crippen LogP contribution in [0.1, 0.15) is 31.4 Å². The van der Waals surface area contributed by atoms with Crippen LogP contribution < -0.4 is 5.32 Å². The highest BCUT2D eigenvalue weighted by Crippen LogP contribution is 2.07. The van der Waals surface area contributed by atoms with Gasteiger partial charge in [-0.05, 0) is 24.8 Å². The number of rotatable bonds is 5. The minimum Gasteiger partial charge on any atom is -0.342 e. The summed E-state index contributed by atoms with van der Waals surface area (Å²) < 4.78 is 0. The van der Waals surface area contributed by atoms with Crippen molar-refractivity contribution in [3.8, 4) is 12.3 Å². The van der Waals surface area contributed by atoms with Gasteiger partial charge in [0.05, 0.1) is 6.04 Å². The van der Waals surface area contributed by atoms with Crippen LogP contribution in [-0.2, 0) is 11.2 Å². The summed E-state index contributed by atoms with van der Waals surface area (Å²) in [6.07, 6.45) is 6.62. The molecule has 0 spiro atoms. The maximum atomic E-state index is 11.8. The van der Waals surface area contributed by atoms with Crippen molar-refractivity contribution in [2.24, 2.45) is 5.92 Å². The molecule has 1 unspecified atom stereocenters. The van der Waals surface area contributed by atoms with Gasteiger partial charge in [0.2, 0.25) is 5.91 Å². The lowest BCUT2D eigenvalue weighted by Gasteiger charge is -2.16. The van der Waals surface area contributed by atoms with Crippen LogP contribution in [0.2, 0.25) is 0 Å². The Kier molecular flexibility index (Phi) is 5.45. The predicted molar refractivity (Wildman–Crippen MR) is 75.1 cm³/mol. The number of terminal acetylenes is 1. The molecular weight excluding hydrogens is 222 g/mol. The molecule has 0 radical (unpaired) electrons. The Morgan fingerprint density at radius 1 is 1.44 bits per heavy atom. The minimum atomic E-state index is -0.171. The van der Waals surface area contributed by atoms with E-state index >= 15 is 0 Å². The SMILES string of the molecule is C#CC(NC(=O)CCc1cccc(C)c1)C(C)C. The Hall–Kier alpha value is -1.75. The highest BCUT2D eigenvalue weighted by molar-refractivity contribution is 5.77. The first-order chi connectivity index (χ1) is 8.52. The van der Waals surface area contributed by atoms with E-state index in [4.69, 9.17) is 6.42 Å². The van der Waals surface area contributed by atoms with Gasteiger partial charge in [0.25, 0.3) is 0 Å². The van der Waals surface area contributed by atoms with E-state index in [-0.39, 0.29) is 17.9 Å². The van der Waals surface area contributed by atoms with E-state index in [0.29, 0.717) is 6.42 Å². The van der Waals surface area contributed by atoms with Crippen LogP contribution in [0.25, 0.3) is 0 Å². The van der Waals surface area contributed by atoms with Gasteiger partial charge in [0.1, 0.15) is 0 Å². The molecule has 2 nitrogen and oxygen atoms in total. The van der Waals surface area contributed by atoms with Gasteiger partial charge >= 0.3 is 0 Å². The van der Waals surface area contributed by atoms with Crippen LogP contribution in [0, 0.1) is 25.2 Å². The number of benzene rings is 1. The second-order valence-electron chi connectivity index (χ2n) is 4.94. The van der Waals surface area contributed by atoms with Crippen molar-refractivity contribution in [1.82, 2.24) is 5.32 Å². The van der Waals surface area contributed by atoms with E-state index in [2.05, 4.69) is 30.3 Å². The van der Waals surface area contributed by atoms with E-state index in [9.17, 15) is 4.79 Å². The largest absolute Gasteiger partial charge is 0.342 e. The minimum absolute atomic E-state index is 0.0214. The van der Waals surface area contributed by atoms with Crippen molar-refractivity contribution in [2.75, 3.05) is 0 Å². The molecule has 1 rings (SSSR count). The molecule has 0 aliphatic carbocycles. The predicted octanol–water partition coefficient (Wildman–Crippen LogP) is 2.70. The molecule has 1 N–H and O–H groups in total. The summed E-state index contributed by atoms with van der Waals surface area (Å²) in [6.45, 7) is 6.06. The first-order valence-electron chi connectivity index (χ1n) is 6.34. The third-order valence-electron chi connectivity index (χ3n) is 2.89. The maximum absolute atomic E-state index is 11.8. The molecule has 0 saturated carbocycles. The van der Waals surface area contributed by atoms with Gasteiger partial charge in [-0.25, -0.2) is 0 Å². The first-order valence-corrected chi connectivity index (χ1v) is 6.34. The third kappa shape index (κ3) is 4.63. The Bertz CT molecular complexity index is 443. The number of nitrogens with one attached hydrogen (secondary N) is 1. The van der Waals surface area contributed by atoms with E-state index in [1.54, 1.807) is 0 Å². The van der Waals surface area contributed by atoms with Crippen molar-refractivity contribution in [1.29, 1.82) is 0 Å². The molecule has 2 heteroatoms. The Labute approximate surface area is 110 Å². The normalized spacial score (nSPS) is 11.9. The van der Waals surface area contributed by atoms with Gasteiger partial charge in [-0.1, -0.05) is 49.6 Å². The van der Waals surface area contributed by atoms with Crippen molar-refractivity contribution in [2.45, 2.75) is 39.7 Å².